The minimum atomic E-state index is -1.07. The van der Waals surface area contributed by atoms with Gasteiger partial charge in [0.25, 0.3) is 0 Å². The number of carbonyl (C=O) groups excluding carboxylic acids is 1. The summed E-state index contributed by atoms with van der Waals surface area (Å²) >= 11 is 0. The molecule has 0 bridgehead atoms. The molecule has 0 aromatic heterocycles. The summed E-state index contributed by atoms with van der Waals surface area (Å²) in [6.45, 7) is 3.15. The van der Waals surface area contributed by atoms with Gasteiger partial charge in [0.05, 0.1) is 19.1 Å². The van der Waals surface area contributed by atoms with Gasteiger partial charge in [0, 0.05) is 20.2 Å². The molecule has 0 spiro atoms. The number of amides is 1. The van der Waals surface area contributed by atoms with Crippen LogP contribution in [0.3, 0.4) is 0 Å². The molecule has 0 saturated heterocycles. The molecule has 0 saturated carbocycles. The number of methoxy groups -OCH3 is 1. The van der Waals surface area contributed by atoms with E-state index < -0.39 is 12.0 Å². The van der Waals surface area contributed by atoms with Gasteiger partial charge >= 0.3 is 5.97 Å². The van der Waals surface area contributed by atoms with Crippen molar-refractivity contribution >= 4 is 11.9 Å². The van der Waals surface area contributed by atoms with Gasteiger partial charge in [0.2, 0.25) is 5.91 Å². The smallest absolute Gasteiger partial charge is 0.305 e. The van der Waals surface area contributed by atoms with Crippen molar-refractivity contribution in [2.45, 2.75) is 19.4 Å². The Kier molecular flexibility index (Phi) is 6.64. The summed E-state index contributed by atoms with van der Waals surface area (Å²) in [6, 6.07) is -0.973. The fourth-order valence-electron chi connectivity index (χ4n) is 1.14. The standard InChI is InChI=1S/C9H18N2O4/c1-3-11(4-5-15-2)9(14)7(10)6-8(12)13/h7H,3-6,10H2,1-2H3,(H,12,13). The van der Waals surface area contributed by atoms with E-state index >= 15 is 0 Å². The molecule has 0 heterocycles. The Hall–Kier alpha value is -1.14. The van der Waals surface area contributed by atoms with Crippen molar-refractivity contribution in [2.75, 3.05) is 26.8 Å². The Labute approximate surface area is 89.0 Å². The van der Waals surface area contributed by atoms with Crippen LogP contribution in [0.5, 0.6) is 0 Å². The number of hydrogen-bond acceptors (Lipinski definition) is 4. The number of likely N-dealkylation sites (N-methyl/N-ethyl adjacent to an activating group) is 1. The molecule has 1 amide bonds. The maximum atomic E-state index is 11.6. The summed E-state index contributed by atoms with van der Waals surface area (Å²) < 4.78 is 4.83. The van der Waals surface area contributed by atoms with Gasteiger partial charge in [-0.2, -0.15) is 0 Å². The van der Waals surface area contributed by atoms with Crippen molar-refractivity contribution in [3.8, 4) is 0 Å². The molecular weight excluding hydrogens is 200 g/mol. The monoisotopic (exact) mass is 218 g/mol. The van der Waals surface area contributed by atoms with Gasteiger partial charge in [0.1, 0.15) is 0 Å². The molecule has 1 unspecified atom stereocenters. The molecule has 3 N–H and O–H groups in total. The average Bonchev–Trinajstić information content (AvgIpc) is 2.17. The van der Waals surface area contributed by atoms with Crippen LogP contribution in [0, 0.1) is 0 Å². The number of nitrogens with two attached hydrogens (primary N) is 1. The third-order valence-corrected chi connectivity index (χ3v) is 1.97. The molecule has 0 radical (unpaired) electrons. The Bertz CT molecular complexity index is 220. The molecule has 6 nitrogen and oxygen atoms in total. The van der Waals surface area contributed by atoms with Crippen LogP contribution in [0.1, 0.15) is 13.3 Å². The molecule has 6 heteroatoms. The van der Waals surface area contributed by atoms with Crippen molar-refractivity contribution in [2.24, 2.45) is 5.73 Å². The highest BCUT2D eigenvalue weighted by atomic mass is 16.5. The molecule has 1 atom stereocenters. The van der Waals surface area contributed by atoms with E-state index in [0.29, 0.717) is 19.7 Å². The first kappa shape index (κ1) is 13.9. The van der Waals surface area contributed by atoms with Gasteiger partial charge in [0.15, 0.2) is 0 Å². The zero-order valence-corrected chi connectivity index (χ0v) is 9.10. The number of carboxylic acids is 1. The lowest BCUT2D eigenvalue weighted by Gasteiger charge is -2.23. The second-order valence-corrected chi connectivity index (χ2v) is 3.12. The number of ether oxygens (including phenoxy) is 1. The van der Waals surface area contributed by atoms with Gasteiger partial charge in [-0.05, 0) is 6.92 Å². The lowest BCUT2D eigenvalue weighted by atomic mass is 10.2. The van der Waals surface area contributed by atoms with E-state index in [2.05, 4.69) is 0 Å². The minimum absolute atomic E-state index is 0.345. The van der Waals surface area contributed by atoms with E-state index in [-0.39, 0.29) is 12.3 Å². The molecule has 0 aromatic carbocycles. The molecule has 0 rings (SSSR count). The topological polar surface area (TPSA) is 92.9 Å². The van der Waals surface area contributed by atoms with Gasteiger partial charge in [-0.3, -0.25) is 9.59 Å². The first-order chi connectivity index (χ1) is 7.02. The van der Waals surface area contributed by atoms with Crippen LogP contribution in [0.2, 0.25) is 0 Å². The second-order valence-electron chi connectivity index (χ2n) is 3.12. The maximum Gasteiger partial charge on any atom is 0.305 e. The number of hydrogen-bond donors (Lipinski definition) is 2. The zero-order valence-electron chi connectivity index (χ0n) is 9.10. The van der Waals surface area contributed by atoms with Crippen LogP contribution in [0.15, 0.2) is 0 Å². The summed E-state index contributed by atoms with van der Waals surface area (Å²) in [5, 5.41) is 8.49. The summed E-state index contributed by atoms with van der Waals surface area (Å²) in [6.07, 6.45) is -0.345. The third-order valence-electron chi connectivity index (χ3n) is 1.97. The van der Waals surface area contributed by atoms with Crippen LogP contribution in [-0.2, 0) is 14.3 Å². The second kappa shape index (κ2) is 7.19. The summed E-state index contributed by atoms with van der Waals surface area (Å²) in [7, 11) is 1.54. The van der Waals surface area contributed by atoms with E-state index in [0.717, 1.165) is 0 Å². The first-order valence-electron chi connectivity index (χ1n) is 4.78. The molecule has 0 aliphatic heterocycles. The highest BCUT2D eigenvalue weighted by Gasteiger charge is 2.21. The number of rotatable bonds is 7. The molecule has 0 aliphatic carbocycles. The Morgan fingerprint density at radius 2 is 2.13 bits per heavy atom. The van der Waals surface area contributed by atoms with Crippen LogP contribution in [-0.4, -0.2) is 54.7 Å². The van der Waals surface area contributed by atoms with E-state index in [1.807, 2.05) is 0 Å². The number of aliphatic carboxylic acids is 1. The SMILES string of the molecule is CCN(CCOC)C(=O)C(N)CC(=O)O. The number of carbonyl (C=O) groups is 2. The van der Waals surface area contributed by atoms with Gasteiger partial charge in [-0.15, -0.1) is 0 Å². The first-order valence-corrected chi connectivity index (χ1v) is 4.78. The molecule has 15 heavy (non-hydrogen) atoms. The van der Waals surface area contributed by atoms with Crippen molar-refractivity contribution < 1.29 is 19.4 Å². The Morgan fingerprint density at radius 1 is 1.53 bits per heavy atom. The summed E-state index contributed by atoms with van der Waals surface area (Å²) in [5.41, 5.74) is 5.45. The lowest BCUT2D eigenvalue weighted by molar-refractivity contribution is -0.142. The third kappa shape index (κ3) is 5.34. The van der Waals surface area contributed by atoms with Gasteiger partial charge in [-0.25, -0.2) is 0 Å². The Balaban J connectivity index is 4.17. The van der Waals surface area contributed by atoms with E-state index in [1.54, 1.807) is 6.92 Å². The maximum absolute atomic E-state index is 11.6. The lowest BCUT2D eigenvalue weighted by Crippen LogP contribution is -2.45. The summed E-state index contributed by atoms with van der Waals surface area (Å²) in [5.74, 6) is -1.42. The van der Waals surface area contributed by atoms with Crippen molar-refractivity contribution in [1.82, 2.24) is 4.90 Å². The molecule has 0 aliphatic rings. The van der Waals surface area contributed by atoms with Crippen LogP contribution in [0.4, 0.5) is 0 Å². The number of nitrogens with zero attached hydrogens (tertiary/aromatic N) is 1. The zero-order chi connectivity index (χ0) is 11.8. The van der Waals surface area contributed by atoms with Gasteiger partial charge < -0.3 is 20.5 Å². The highest BCUT2D eigenvalue weighted by molar-refractivity contribution is 5.85. The fourth-order valence-corrected chi connectivity index (χ4v) is 1.14. The predicted molar refractivity (Wildman–Crippen MR) is 54.4 cm³/mol. The molecule has 0 fully saturated rings. The van der Waals surface area contributed by atoms with Crippen molar-refractivity contribution in [3.05, 3.63) is 0 Å². The highest BCUT2D eigenvalue weighted by Crippen LogP contribution is 1.97. The van der Waals surface area contributed by atoms with Crippen molar-refractivity contribution in [3.63, 3.8) is 0 Å². The van der Waals surface area contributed by atoms with E-state index in [9.17, 15) is 9.59 Å². The quantitative estimate of drug-likeness (QED) is 0.588. The predicted octanol–water partition coefficient (Wildman–Crippen LogP) is -0.717. The normalized spacial score (nSPS) is 12.2. The van der Waals surface area contributed by atoms with Gasteiger partial charge in [-0.1, -0.05) is 0 Å². The minimum Gasteiger partial charge on any atom is -0.481 e. The molecular formula is C9H18N2O4. The van der Waals surface area contributed by atoms with Crippen molar-refractivity contribution in [1.29, 1.82) is 0 Å². The van der Waals surface area contributed by atoms with E-state index in [4.69, 9.17) is 15.6 Å². The average molecular weight is 218 g/mol. The van der Waals surface area contributed by atoms with Crippen LogP contribution < -0.4 is 5.73 Å². The number of carboxylic acid groups (broad SMARTS) is 1. The van der Waals surface area contributed by atoms with Crippen LogP contribution in [0.25, 0.3) is 0 Å². The van der Waals surface area contributed by atoms with E-state index in [1.165, 1.54) is 12.0 Å². The molecule has 88 valence electrons. The van der Waals surface area contributed by atoms with Crippen LogP contribution >= 0.6 is 0 Å². The fraction of sp³-hybridized carbons (Fsp3) is 0.778. The summed E-state index contributed by atoms with van der Waals surface area (Å²) in [4.78, 5) is 23.4. The Morgan fingerprint density at radius 3 is 2.53 bits per heavy atom. The molecule has 0 aromatic rings. The largest absolute Gasteiger partial charge is 0.481 e.